The molecule has 2 nitrogen and oxygen atoms in total. The van der Waals surface area contributed by atoms with Crippen LogP contribution in [0, 0.1) is 0 Å². The van der Waals surface area contributed by atoms with E-state index in [9.17, 15) is 17.6 Å². The minimum atomic E-state index is -4.22. The molecule has 20 heavy (non-hydrogen) atoms. The summed E-state index contributed by atoms with van der Waals surface area (Å²) in [7, 11) is 0. The van der Waals surface area contributed by atoms with Gasteiger partial charge >= 0.3 is 12.0 Å². The second kappa shape index (κ2) is 4.33. The third-order valence-corrected chi connectivity index (χ3v) is 3.60. The number of nitrogens with zero attached hydrogens (tertiary/aromatic N) is 2. The fourth-order valence-corrected chi connectivity index (χ4v) is 2.62. The van der Waals surface area contributed by atoms with Crippen LogP contribution in [0.5, 0.6) is 0 Å². The van der Waals surface area contributed by atoms with Gasteiger partial charge < -0.3 is 0 Å². The molecule has 1 aromatic carbocycles. The number of imidazole rings is 1. The monoisotopic (exact) mass is 284 g/mol. The topological polar surface area (TPSA) is 17.8 Å². The zero-order valence-corrected chi connectivity index (χ0v) is 10.4. The maximum absolute atomic E-state index is 13.7. The Hall–Kier alpha value is -1.85. The van der Waals surface area contributed by atoms with E-state index in [-0.39, 0.29) is 12.2 Å². The number of benzene rings is 1. The van der Waals surface area contributed by atoms with Gasteiger partial charge in [-0.2, -0.15) is 17.6 Å². The zero-order valence-electron chi connectivity index (χ0n) is 10.4. The van der Waals surface area contributed by atoms with Crippen molar-refractivity contribution in [3.63, 3.8) is 0 Å². The molecule has 1 unspecified atom stereocenters. The molecule has 0 N–H and O–H groups in total. The van der Waals surface area contributed by atoms with Crippen LogP contribution < -0.4 is 0 Å². The number of hydrogen-bond acceptors (Lipinski definition) is 1. The van der Waals surface area contributed by atoms with Crippen molar-refractivity contribution in [2.45, 2.75) is 30.7 Å². The molecule has 0 saturated heterocycles. The number of alkyl halides is 4. The van der Waals surface area contributed by atoms with Gasteiger partial charge in [0.2, 0.25) is 0 Å². The van der Waals surface area contributed by atoms with Crippen LogP contribution in [-0.4, -0.2) is 15.5 Å². The molecule has 1 aliphatic heterocycles. The van der Waals surface area contributed by atoms with Gasteiger partial charge in [-0.05, 0) is 12.0 Å². The highest BCUT2D eigenvalue weighted by molar-refractivity contribution is 5.20. The number of halogens is 4. The van der Waals surface area contributed by atoms with Crippen molar-refractivity contribution in [3.05, 3.63) is 54.1 Å². The Morgan fingerprint density at radius 1 is 1.15 bits per heavy atom. The molecular weight excluding hydrogens is 272 g/mol. The summed E-state index contributed by atoms with van der Waals surface area (Å²) < 4.78 is 55.1. The van der Waals surface area contributed by atoms with Crippen LogP contribution in [0.15, 0.2) is 42.7 Å². The smallest absolute Gasteiger partial charge is 0.270 e. The standard InChI is InChI=1S/C14H12F4N2/c15-13(16)9-11(8-10-4-2-1-3-5-10)12-19-6-7-20(12)14(13,17)18/h1-7,11H,8-9H2. The minimum absolute atomic E-state index is 0.0183. The first-order chi connectivity index (χ1) is 9.42. The SMILES string of the molecule is FC1(F)CC(Cc2ccccc2)c2nccn2C1(F)F. The molecule has 0 fully saturated rings. The number of fused-ring (bicyclic) bond motifs is 1. The Morgan fingerprint density at radius 2 is 1.85 bits per heavy atom. The van der Waals surface area contributed by atoms with Gasteiger partial charge in [0.05, 0.1) is 0 Å². The lowest BCUT2D eigenvalue weighted by atomic mass is 9.89. The highest BCUT2D eigenvalue weighted by atomic mass is 19.3. The fourth-order valence-electron chi connectivity index (χ4n) is 2.62. The number of hydrogen-bond donors (Lipinski definition) is 0. The summed E-state index contributed by atoms with van der Waals surface area (Å²) in [6, 6.07) is 4.76. The maximum atomic E-state index is 13.7. The Morgan fingerprint density at radius 3 is 2.55 bits per heavy atom. The van der Waals surface area contributed by atoms with Crippen LogP contribution in [0.3, 0.4) is 0 Å². The molecule has 6 heteroatoms. The molecule has 0 amide bonds. The van der Waals surface area contributed by atoms with Crippen LogP contribution in [-0.2, 0) is 12.5 Å². The van der Waals surface area contributed by atoms with Crippen LogP contribution >= 0.6 is 0 Å². The molecular formula is C14H12F4N2. The second-order valence-electron chi connectivity index (χ2n) is 4.99. The van der Waals surface area contributed by atoms with Crippen molar-refractivity contribution in [2.75, 3.05) is 0 Å². The molecule has 0 radical (unpaired) electrons. The average Bonchev–Trinajstić information content (AvgIpc) is 2.87. The predicted octanol–water partition coefficient (Wildman–Crippen LogP) is 3.80. The first-order valence-electron chi connectivity index (χ1n) is 6.25. The van der Waals surface area contributed by atoms with E-state index in [1.54, 1.807) is 24.3 Å². The minimum Gasteiger partial charge on any atom is -0.270 e. The lowest BCUT2D eigenvalue weighted by molar-refractivity contribution is -0.275. The van der Waals surface area contributed by atoms with Gasteiger partial charge in [-0.1, -0.05) is 30.3 Å². The van der Waals surface area contributed by atoms with Crippen LogP contribution in [0.2, 0.25) is 0 Å². The highest BCUT2D eigenvalue weighted by Crippen LogP contribution is 2.50. The lowest BCUT2D eigenvalue weighted by Gasteiger charge is -2.36. The van der Waals surface area contributed by atoms with Crippen molar-refractivity contribution >= 4 is 0 Å². The van der Waals surface area contributed by atoms with E-state index in [0.29, 0.717) is 4.57 Å². The normalized spacial score (nSPS) is 23.3. The van der Waals surface area contributed by atoms with Gasteiger partial charge in [0.1, 0.15) is 5.82 Å². The molecule has 0 bridgehead atoms. The van der Waals surface area contributed by atoms with Crippen LogP contribution in [0.1, 0.15) is 23.7 Å². The quantitative estimate of drug-likeness (QED) is 0.767. The van der Waals surface area contributed by atoms with Gasteiger partial charge in [0.15, 0.2) is 0 Å². The van der Waals surface area contributed by atoms with E-state index < -0.39 is 24.3 Å². The van der Waals surface area contributed by atoms with E-state index in [4.69, 9.17) is 0 Å². The van der Waals surface area contributed by atoms with E-state index >= 15 is 0 Å². The summed E-state index contributed by atoms with van der Waals surface area (Å²) in [5.41, 5.74) is 0.827. The Balaban J connectivity index is 1.98. The second-order valence-corrected chi connectivity index (χ2v) is 4.99. The number of aromatic nitrogens is 2. The third kappa shape index (κ3) is 1.90. The van der Waals surface area contributed by atoms with Crippen molar-refractivity contribution in [1.29, 1.82) is 0 Å². The summed E-state index contributed by atoms with van der Waals surface area (Å²) in [5.74, 6) is -4.77. The van der Waals surface area contributed by atoms with Crippen LogP contribution in [0.25, 0.3) is 0 Å². The molecule has 106 valence electrons. The molecule has 0 saturated carbocycles. The van der Waals surface area contributed by atoms with Gasteiger partial charge in [-0.3, -0.25) is 4.57 Å². The molecule has 1 aromatic heterocycles. The van der Waals surface area contributed by atoms with Gasteiger partial charge in [0, 0.05) is 24.7 Å². The Kier molecular flexibility index (Phi) is 2.84. The van der Waals surface area contributed by atoms with Crippen molar-refractivity contribution < 1.29 is 17.6 Å². The summed E-state index contributed by atoms with van der Waals surface area (Å²) in [6.45, 7) is 0. The highest BCUT2D eigenvalue weighted by Gasteiger charge is 2.62. The lowest BCUT2D eigenvalue weighted by Crippen LogP contribution is -2.48. The first kappa shape index (κ1) is 13.1. The molecule has 0 aliphatic carbocycles. The molecule has 0 spiro atoms. The molecule has 1 aliphatic rings. The summed E-state index contributed by atoms with van der Waals surface area (Å²) in [5, 5.41) is 0. The largest absolute Gasteiger partial charge is 0.393 e. The first-order valence-corrected chi connectivity index (χ1v) is 6.25. The van der Waals surface area contributed by atoms with Gasteiger partial charge in [-0.15, -0.1) is 0 Å². The fraction of sp³-hybridized carbons (Fsp3) is 0.357. The van der Waals surface area contributed by atoms with E-state index in [0.717, 1.165) is 18.0 Å². The van der Waals surface area contributed by atoms with Crippen molar-refractivity contribution in [2.24, 2.45) is 0 Å². The molecule has 3 rings (SSSR count). The summed E-state index contributed by atoms with van der Waals surface area (Å²) in [6.07, 6.45) is 1.43. The predicted molar refractivity (Wildman–Crippen MR) is 64.9 cm³/mol. The molecule has 2 heterocycles. The van der Waals surface area contributed by atoms with Crippen molar-refractivity contribution in [1.82, 2.24) is 9.55 Å². The number of rotatable bonds is 2. The Labute approximate surface area is 113 Å². The van der Waals surface area contributed by atoms with Crippen molar-refractivity contribution in [3.8, 4) is 0 Å². The molecule has 2 aromatic rings. The Bertz CT molecular complexity index is 607. The van der Waals surface area contributed by atoms with Gasteiger partial charge in [0.25, 0.3) is 0 Å². The van der Waals surface area contributed by atoms with E-state index in [1.807, 2.05) is 6.07 Å². The maximum Gasteiger partial charge on any atom is 0.393 e. The van der Waals surface area contributed by atoms with E-state index in [2.05, 4.69) is 4.98 Å². The average molecular weight is 284 g/mol. The summed E-state index contributed by atoms with van der Waals surface area (Å²) in [4.78, 5) is 3.85. The molecule has 1 atom stereocenters. The van der Waals surface area contributed by atoms with Gasteiger partial charge in [-0.25, -0.2) is 4.98 Å². The van der Waals surface area contributed by atoms with E-state index in [1.165, 1.54) is 0 Å². The zero-order chi connectivity index (χ0) is 14.4. The summed E-state index contributed by atoms with van der Waals surface area (Å²) >= 11 is 0. The third-order valence-electron chi connectivity index (χ3n) is 3.60. The van der Waals surface area contributed by atoms with Crippen LogP contribution in [0.4, 0.5) is 17.6 Å².